The molecular formula is C8H11BrN2O2S. The number of rotatable bonds is 3. The van der Waals surface area contributed by atoms with Gasteiger partial charge in [-0.25, -0.2) is 5.14 Å². The molecule has 0 aliphatic carbocycles. The summed E-state index contributed by atoms with van der Waals surface area (Å²) in [6.45, 7) is 1.73. The lowest BCUT2D eigenvalue weighted by atomic mass is 10.1. The van der Waals surface area contributed by atoms with Gasteiger partial charge in [-0.05, 0) is 18.6 Å². The summed E-state index contributed by atoms with van der Waals surface area (Å²) in [5.74, 6) is 0. The highest BCUT2D eigenvalue weighted by Crippen LogP contribution is 2.22. The fraction of sp³-hybridized carbons (Fsp3) is 0.250. The Morgan fingerprint density at radius 2 is 2.00 bits per heavy atom. The normalized spacial score (nSPS) is 13.9. The molecule has 14 heavy (non-hydrogen) atoms. The van der Waals surface area contributed by atoms with Crippen molar-refractivity contribution in [1.82, 2.24) is 4.72 Å². The molecule has 0 heterocycles. The lowest BCUT2D eigenvalue weighted by Crippen LogP contribution is -2.33. The third kappa shape index (κ3) is 3.38. The summed E-state index contributed by atoms with van der Waals surface area (Å²) in [6, 6.07) is 7.02. The molecule has 0 saturated heterocycles. The van der Waals surface area contributed by atoms with Crippen molar-refractivity contribution < 1.29 is 8.42 Å². The van der Waals surface area contributed by atoms with Crippen LogP contribution in [0.3, 0.4) is 0 Å². The minimum absolute atomic E-state index is 0.347. The van der Waals surface area contributed by atoms with Gasteiger partial charge in [0, 0.05) is 10.5 Å². The zero-order valence-electron chi connectivity index (χ0n) is 7.57. The van der Waals surface area contributed by atoms with E-state index in [1.807, 2.05) is 24.3 Å². The van der Waals surface area contributed by atoms with Crippen LogP contribution in [-0.4, -0.2) is 8.42 Å². The van der Waals surface area contributed by atoms with Gasteiger partial charge in [-0.15, -0.1) is 0 Å². The molecule has 6 heteroatoms. The first-order chi connectivity index (χ1) is 6.40. The molecule has 3 N–H and O–H groups in total. The summed E-state index contributed by atoms with van der Waals surface area (Å²) in [5, 5.41) is 4.87. The highest BCUT2D eigenvalue weighted by Gasteiger charge is 2.12. The Bertz CT molecular complexity index is 419. The van der Waals surface area contributed by atoms with Gasteiger partial charge >= 0.3 is 0 Å². The Balaban J connectivity index is 2.90. The van der Waals surface area contributed by atoms with E-state index in [1.54, 1.807) is 6.92 Å². The van der Waals surface area contributed by atoms with E-state index in [0.29, 0.717) is 0 Å². The molecule has 0 aliphatic rings. The van der Waals surface area contributed by atoms with E-state index in [9.17, 15) is 8.42 Å². The van der Waals surface area contributed by atoms with E-state index in [2.05, 4.69) is 20.7 Å². The zero-order valence-corrected chi connectivity index (χ0v) is 9.97. The van der Waals surface area contributed by atoms with Crippen LogP contribution in [0.1, 0.15) is 18.5 Å². The van der Waals surface area contributed by atoms with Crippen LogP contribution in [0.25, 0.3) is 0 Å². The van der Waals surface area contributed by atoms with Crippen molar-refractivity contribution in [3.8, 4) is 0 Å². The average Bonchev–Trinajstić information content (AvgIpc) is 2.01. The Kier molecular flexibility index (Phi) is 3.65. The number of nitrogens with one attached hydrogen (secondary N) is 1. The molecule has 0 saturated carbocycles. The number of nitrogens with two attached hydrogens (primary N) is 1. The maximum absolute atomic E-state index is 10.8. The first-order valence-electron chi connectivity index (χ1n) is 3.94. The van der Waals surface area contributed by atoms with Gasteiger partial charge in [-0.3, -0.25) is 0 Å². The molecule has 0 bridgehead atoms. The van der Waals surface area contributed by atoms with E-state index < -0.39 is 10.2 Å². The number of benzene rings is 1. The summed E-state index contributed by atoms with van der Waals surface area (Å²) < 4.78 is 24.7. The average molecular weight is 279 g/mol. The zero-order chi connectivity index (χ0) is 10.8. The van der Waals surface area contributed by atoms with Crippen molar-refractivity contribution in [3.05, 3.63) is 34.3 Å². The minimum Gasteiger partial charge on any atom is -0.216 e. The highest BCUT2D eigenvalue weighted by molar-refractivity contribution is 9.10. The predicted molar refractivity (Wildman–Crippen MR) is 58.8 cm³/mol. The van der Waals surface area contributed by atoms with Gasteiger partial charge in [0.25, 0.3) is 10.2 Å². The maximum atomic E-state index is 10.8. The van der Waals surface area contributed by atoms with Crippen molar-refractivity contribution in [2.45, 2.75) is 13.0 Å². The summed E-state index contributed by atoms with van der Waals surface area (Å²) in [5.41, 5.74) is 0.849. The second kappa shape index (κ2) is 4.39. The van der Waals surface area contributed by atoms with Crippen molar-refractivity contribution in [2.24, 2.45) is 5.14 Å². The first-order valence-corrected chi connectivity index (χ1v) is 6.28. The molecule has 0 radical (unpaired) electrons. The van der Waals surface area contributed by atoms with Crippen LogP contribution in [-0.2, 0) is 10.2 Å². The summed E-state index contributed by atoms with van der Waals surface area (Å²) in [6.07, 6.45) is 0. The molecule has 1 unspecified atom stereocenters. The lowest BCUT2D eigenvalue weighted by Gasteiger charge is -2.13. The van der Waals surface area contributed by atoms with Crippen LogP contribution in [0.15, 0.2) is 28.7 Å². The molecule has 0 aromatic heterocycles. The molecule has 0 spiro atoms. The van der Waals surface area contributed by atoms with Gasteiger partial charge in [0.05, 0.1) is 0 Å². The first kappa shape index (κ1) is 11.6. The molecule has 1 aromatic carbocycles. The molecule has 1 aromatic rings. The third-order valence-electron chi connectivity index (χ3n) is 1.71. The quantitative estimate of drug-likeness (QED) is 0.875. The predicted octanol–water partition coefficient (Wildman–Crippen LogP) is 1.30. The smallest absolute Gasteiger partial charge is 0.216 e. The van der Waals surface area contributed by atoms with Crippen LogP contribution in [0.4, 0.5) is 0 Å². The van der Waals surface area contributed by atoms with E-state index in [1.165, 1.54) is 0 Å². The highest BCUT2D eigenvalue weighted by atomic mass is 79.9. The van der Waals surface area contributed by atoms with Crippen molar-refractivity contribution >= 4 is 26.1 Å². The summed E-state index contributed by atoms with van der Waals surface area (Å²) in [4.78, 5) is 0. The van der Waals surface area contributed by atoms with Crippen molar-refractivity contribution in [2.75, 3.05) is 0 Å². The van der Waals surface area contributed by atoms with Gasteiger partial charge in [-0.1, -0.05) is 34.1 Å². The molecule has 78 valence electrons. The Morgan fingerprint density at radius 1 is 1.43 bits per heavy atom. The van der Waals surface area contributed by atoms with Crippen molar-refractivity contribution in [3.63, 3.8) is 0 Å². The van der Waals surface area contributed by atoms with Gasteiger partial charge in [0.15, 0.2) is 0 Å². The monoisotopic (exact) mass is 278 g/mol. The molecule has 0 fully saturated rings. The fourth-order valence-corrected chi connectivity index (χ4v) is 2.38. The Labute approximate surface area is 91.8 Å². The largest absolute Gasteiger partial charge is 0.274 e. The van der Waals surface area contributed by atoms with E-state index in [-0.39, 0.29) is 6.04 Å². The van der Waals surface area contributed by atoms with E-state index in [0.717, 1.165) is 10.0 Å². The molecule has 1 rings (SSSR count). The maximum Gasteiger partial charge on any atom is 0.274 e. The number of hydrogen-bond donors (Lipinski definition) is 2. The molecular weight excluding hydrogens is 268 g/mol. The molecule has 0 amide bonds. The van der Waals surface area contributed by atoms with Crippen LogP contribution in [0.5, 0.6) is 0 Å². The molecule has 0 aliphatic heterocycles. The van der Waals surface area contributed by atoms with E-state index in [4.69, 9.17) is 5.14 Å². The van der Waals surface area contributed by atoms with Gasteiger partial charge in [0.2, 0.25) is 0 Å². The van der Waals surface area contributed by atoms with Gasteiger partial charge in [-0.2, -0.15) is 13.1 Å². The second-order valence-electron chi connectivity index (χ2n) is 2.91. The minimum atomic E-state index is -3.66. The molecule has 4 nitrogen and oxygen atoms in total. The Hall–Kier alpha value is -0.430. The third-order valence-corrected chi connectivity index (χ3v) is 3.12. The van der Waals surface area contributed by atoms with Crippen LogP contribution >= 0.6 is 15.9 Å². The summed E-state index contributed by atoms with van der Waals surface area (Å²) in [7, 11) is -3.66. The van der Waals surface area contributed by atoms with Crippen molar-refractivity contribution in [1.29, 1.82) is 0 Å². The SMILES string of the molecule is CC(NS(N)(=O)=O)c1ccccc1Br. The lowest BCUT2D eigenvalue weighted by molar-refractivity contribution is 0.568. The fourth-order valence-electron chi connectivity index (χ4n) is 1.14. The van der Waals surface area contributed by atoms with Crippen LogP contribution < -0.4 is 9.86 Å². The van der Waals surface area contributed by atoms with E-state index >= 15 is 0 Å². The Morgan fingerprint density at radius 3 is 2.50 bits per heavy atom. The topological polar surface area (TPSA) is 72.2 Å². The van der Waals surface area contributed by atoms with Crippen LogP contribution in [0.2, 0.25) is 0 Å². The standard InChI is InChI=1S/C8H11BrN2O2S/c1-6(11-14(10,12)13)7-4-2-3-5-8(7)9/h2-6,11H,1H3,(H2,10,12,13). The molecule has 1 atom stereocenters. The number of halogens is 1. The summed E-state index contributed by atoms with van der Waals surface area (Å²) >= 11 is 3.33. The van der Waals surface area contributed by atoms with Gasteiger partial charge in [0.1, 0.15) is 0 Å². The van der Waals surface area contributed by atoms with Crippen LogP contribution in [0, 0.1) is 0 Å². The number of hydrogen-bond acceptors (Lipinski definition) is 2. The second-order valence-corrected chi connectivity index (χ2v) is 5.09. The van der Waals surface area contributed by atoms with Gasteiger partial charge < -0.3 is 0 Å².